The molecule has 0 bridgehead atoms. The van der Waals surface area contributed by atoms with Gasteiger partial charge in [0.1, 0.15) is 5.75 Å². The first-order chi connectivity index (χ1) is 8.86. The van der Waals surface area contributed by atoms with Crippen molar-refractivity contribution in [1.82, 2.24) is 4.90 Å². The van der Waals surface area contributed by atoms with Crippen LogP contribution in [0.2, 0.25) is 0 Å². The Morgan fingerprint density at radius 2 is 2.05 bits per heavy atom. The van der Waals surface area contributed by atoms with Crippen molar-refractivity contribution in [2.24, 2.45) is 5.92 Å². The number of hydrogen-bond acceptors (Lipinski definition) is 3. The van der Waals surface area contributed by atoms with E-state index in [1.807, 2.05) is 22.6 Å². The van der Waals surface area contributed by atoms with Crippen molar-refractivity contribution in [3.05, 3.63) is 27.3 Å². The fourth-order valence-electron chi connectivity index (χ4n) is 1.59. The number of rotatable bonds is 5. The third-order valence-corrected chi connectivity index (χ3v) is 3.69. The predicted octanol–water partition coefficient (Wildman–Crippen LogP) is 2.18. The van der Waals surface area contributed by atoms with Crippen molar-refractivity contribution >= 4 is 34.5 Å². The van der Waals surface area contributed by atoms with Gasteiger partial charge in [0, 0.05) is 18.7 Å². The normalized spacial score (nSPS) is 11.9. The number of nitrogens with zero attached hydrogens (tertiary/aromatic N) is 1. The van der Waals surface area contributed by atoms with Crippen LogP contribution in [-0.4, -0.2) is 40.1 Å². The first-order valence-corrected chi connectivity index (χ1v) is 6.95. The van der Waals surface area contributed by atoms with E-state index >= 15 is 0 Å². The minimum Gasteiger partial charge on any atom is -0.507 e. The van der Waals surface area contributed by atoms with Crippen molar-refractivity contribution < 1.29 is 19.8 Å². The van der Waals surface area contributed by atoms with Crippen LogP contribution in [0.25, 0.3) is 0 Å². The number of phenols is 1. The predicted molar refractivity (Wildman–Crippen MR) is 79.2 cm³/mol. The van der Waals surface area contributed by atoms with Gasteiger partial charge in [-0.15, -0.1) is 0 Å². The lowest BCUT2D eigenvalue weighted by molar-refractivity contribution is -0.141. The lowest BCUT2D eigenvalue weighted by atomic mass is 10.1. The topological polar surface area (TPSA) is 77.8 Å². The summed E-state index contributed by atoms with van der Waals surface area (Å²) in [6.45, 7) is 3.92. The van der Waals surface area contributed by atoms with Crippen LogP contribution in [0.5, 0.6) is 5.75 Å². The van der Waals surface area contributed by atoms with Gasteiger partial charge in [-0.1, -0.05) is 6.92 Å². The van der Waals surface area contributed by atoms with Crippen molar-refractivity contribution in [2.75, 3.05) is 13.1 Å². The molecule has 0 aromatic heterocycles. The van der Waals surface area contributed by atoms with E-state index in [2.05, 4.69) is 0 Å². The molecule has 1 amide bonds. The van der Waals surface area contributed by atoms with E-state index in [0.29, 0.717) is 15.7 Å². The van der Waals surface area contributed by atoms with Gasteiger partial charge in [0.05, 0.1) is 9.49 Å². The third-order valence-electron chi connectivity index (χ3n) is 2.78. The number of phenolic OH excluding ortho intramolecular Hbond substituents is 1. The van der Waals surface area contributed by atoms with E-state index in [1.54, 1.807) is 26.0 Å². The molecule has 0 saturated carbocycles. The van der Waals surface area contributed by atoms with E-state index in [0.717, 1.165) is 0 Å². The molecule has 0 aliphatic carbocycles. The van der Waals surface area contributed by atoms with Crippen molar-refractivity contribution in [1.29, 1.82) is 0 Å². The second-order valence-corrected chi connectivity index (χ2v) is 5.41. The molecule has 1 rings (SSSR count). The summed E-state index contributed by atoms with van der Waals surface area (Å²) in [5, 5.41) is 18.5. The van der Waals surface area contributed by atoms with Gasteiger partial charge in [-0.2, -0.15) is 0 Å². The number of carboxylic acid groups (broad SMARTS) is 1. The molecular weight excluding hydrogens is 361 g/mol. The highest BCUT2D eigenvalue weighted by molar-refractivity contribution is 14.1. The third kappa shape index (κ3) is 4.09. The Morgan fingerprint density at radius 1 is 1.42 bits per heavy atom. The van der Waals surface area contributed by atoms with E-state index in [1.165, 1.54) is 11.0 Å². The van der Waals surface area contributed by atoms with Crippen LogP contribution in [-0.2, 0) is 4.79 Å². The van der Waals surface area contributed by atoms with Gasteiger partial charge >= 0.3 is 5.97 Å². The van der Waals surface area contributed by atoms with Crippen LogP contribution in [0.1, 0.15) is 24.2 Å². The molecule has 1 atom stereocenters. The zero-order chi connectivity index (χ0) is 14.6. The maximum absolute atomic E-state index is 12.2. The summed E-state index contributed by atoms with van der Waals surface area (Å²) in [4.78, 5) is 24.5. The van der Waals surface area contributed by atoms with Gasteiger partial charge < -0.3 is 15.1 Å². The molecule has 1 unspecified atom stereocenters. The quantitative estimate of drug-likeness (QED) is 0.772. The Kier molecular flexibility index (Phi) is 5.59. The minimum atomic E-state index is -0.934. The van der Waals surface area contributed by atoms with Crippen LogP contribution in [0.3, 0.4) is 0 Å². The molecule has 0 heterocycles. The number of benzene rings is 1. The van der Waals surface area contributed by atoms with Crippen molar-refractivity contribution in [3.63, 3.8) is 0 Å². The Labute approximate surface area is 125 Å². The number of carbonyl (C=O) groups excluding carboxylic acids is 1. The number of amides is 1. The maximum Gasteiger partial charge on any atom is 0.308 e. The Hall–Kier alpha value is -1.31. The highest BCUT2D eigenvalue weighted by Crippen LogP contribution is 2.21. The van der Waals surface area contributed by atoms with Crippen LogP contribution in [0.15, 0.2) is 18.2 Å². The minimum absolute atomic E-state index is 0.0498. The molecule has 0 aliphatic heterocycles. The summed E-state index contributed by atoms with van der Waals surface area (Å²) < 4.78 is 0.663. The molecule has 0 aliphatic rings. The fraction of sp³-hybridized carbons (Fsp3) is 0.385. The second-order valence-electron chi connectivity index (χ2n) is 4.25. The monoisotopic (exact) mass is 377 g/mol. The van der Waals surface area contributed by atoms with E-state index in [-0.39, 0.29) is 18.2 Å². The maximum atomic E-state index is 12.2. The van der Waals surface area contributed by atoms with E-state index < -0.39 is 11.9 Å². The average molecular weight is 377 g/mol. The van der Waals surface area contributed by atoms with Crippen molar-refractivity contribution in [3.8, 4) is 5.75 Å². The van der Waals surface area contributed by atoms with Gasteiger partial charge in [-0.3, -0.25) is 9.59 Å². The van der Waals surface area contributed by atoms with Crippen LogP contribution < -0.4 is 0 Å². The highest BCUT2D eigenvalue weighted by atomic mass is 127. The van der Waals surface area contributed by atoms with E-state index in [9.17, 15) is 14.7 Å². The van der Waals surface area contributed by atoms with E-state index in [4.69, 9.17) is 5.11 Å². The molecule has 2 N–H and O–H groups in total. The lowest BCUT2D eigenvalue weighted by Gasteiger charge is -2.23. The lowest BCUT2D eigenvalue weighted by Crippen LogP contribution is -2.36. The Balaban J connectivity index is 2.89. The number of carboxylic acids is 1. The van der Waals surface area contributed by atoms with Gasteiger partial charge in [0.15, 0.2) is 0 Å². The molecule has 0 radical (unpaired) electrons. The zero-order valence-electron chi connectivity index (χ0n) is 10.8. The molecule has 19 heavy (non-hydrogen) atoms. The number of halogens is 1. The second kappa shape index (κ2) is 6.74. The van der Waals surface area contributed by atoms with Crippen LogP contribution in [0, 0.1) is 9.49 Å². The van der Waals surface area contributed by atoms with Gasteiger partial charge in [0.25, 0.3) is 5.91 Å². The molecule has 0 fully saturated rings. The van der Waals surface area contributed by atoms with Crippen LogP contribution >= 0.6 is 22.6 Å². The first-order valence-electron chi connectivity index (χ1n) is 5.87. The number of carbonyl (C=O) groups is 2. The fourth-order valence-corrected chi connectivity index (χ4v) is 1.93. The number of aromatic hydroxyl groups is 1. The summed E-state index contributed by atoms with van der Waals surface area (Å²) >= 11 is 1.97. The smallest absolute Gasteiger partial charge is 0.308 e. The van der Waals surface area contributed by atoms with Crippen molar-refractivity contribution in [2.45, 2.75) is 13.8 Å². The molecule has 6 heteroatoms. The molecule has 0 saturated heterocycles. The first kappa shape index (κ1) is 15.7. The van der Waals surface area contributed by atoms with Gasteiger partial charge in [-0.05, 0) is 47.7 Å². The summed E-state index contributed by atoms with van der Waals surface area (Å²) in [6.07, 6.45) is 0. The number of aliphatic carboxylic acids is 1. The van der Waals surface area contributed by atoms with Gasteiger partial charge in [0.2, 0.25) is 0 Å². The Morgan fingerprint density at radius 3 is 2.53 bits per heavy atom. The molecule has 5 nitrogen and oxygen atoms in total. The standard InChI is InChI=1S/C13H16INO4/c1-3-15(7-8(2)13(18)19)12(17)9-4-5-10(14)11(16)6-9/h4-6,8,16H,3,7H2,1-2H3,(H,18,19). The molecule has 0 spiro atoms. The highest BCUT2D eigenvalue weighted by Gasteiger charge is 2.20. The Bertz CT molecular complexity index is 490. The molecule has 1 aromatic carbocycles. The molecular formula is C13H16INO4. The summed E-state index contributed by atoms with van der Waals surface area (Å²) in [5.41, 5.74) is 0.359. The molecule has 104 valence electrons. The van der Waals surface area contributed by atoms with Crippen LogP contribution in [0.4, 0.5) is 0 Å². The SMILES string of the molecule is CCN(CC(C)C(=O)O)C(=O)c1ccc(I)c(O)c1. The summed E-state index contributed by atoms with van der Waals surface area (Å²) in [6, 6.07) is 4.67. The number of hydrogen-bond donors (Lipinski definition) is 2. The largest absolute Gasteiger partial charge is 0.507 e. The molecule has 1 aromatic rings. The summed E-state index contributed by atoms with van der Waals surface area (Å²) in [5.74, 6) is -1.78. The summed E-state index contributed by atoms with van der Waals surface area (Å²) in [7, 11) is 0. The van der Waals surface area contributed by atoms with Gasteiger partial charge in [-0.25, -0.2) is 0 Å². The zero-order valence-corrected chi connectivity index (χ0v) is 12.9. The average Bonchev–Trinajstić information content (AvgIpc) is 2.37.